The lowest BCUT2D eigenvalue weighted by atomic mass is 10.1. The van der Waals surface area contributed by atoms with Crippen molar-refractivity contribution in [2.24, 2.45) is 5.73 Å². The minimum atomic E-state index is -4.32. The smallest absolute Gasteiger partial charge is 0.370 e. The fraction of sp³-hybridized carbons (Fsp3) is 0.364. The van der Waals surface area contributed by atoms with Crippen LogP contribution < -0.4 is 5.73 Å². The number of nitrogens with one attached hydrogen (secondary N) is 1. The molecule has 0 atom stereocenters. The summed E-state index contributed by atoms with van der Waals surface area (Å²) in [6.45, 7) is 1.92. The Bertz CT molecular complexity index is 446. The highest BCUT2D eigenvalue weighted by atomic mass is 32.2. The molecule has 1 aromatic rings. The molecule has 7 heteroatoms. The minimum absolute atomic E-state index is 0.143. The van der Waals surface area contributed by atoms with Gasteiger partial charge >= 0.3 is 5.51 Å². The van der Waals surface area contributed by atoms with Gasteiger partial charge in [0, 0.05) is 18.5 Å². The molecular formula is C11H14F3N3S. The van der Waals surface area contributed by atoms with Crippen LogP contribution in [0.4, 0.5) is 13.2 Å². The maximum atomic E-state index is 12.4. The number of thioether (sulfide) groups is 1. The van der Waals surface area contributed by atoms with Gasteiger partial charge in [-0.1, -0.05) is 12.1 Å². The lowest BCUT2D eigenvalue weighted by Gasteiger charge is -2.20. The van der Waals surface area contributed by atoms with Gasteiger partial charge in [0.05, 0.1) is 0 Å². The number of aryl methyl sites for hydroxylation is 1. The number of halogens is 3. The first-order valence-corrected chi connectivity index (χ1v) is 5.91. The second kappa shape index (κ2) is 5.51. The molecule has 0 aliphatic rings. The summed E-state index contributed by atoms with van der Waals surface area (Å²) < 4.78 is 37.3. The van der Waals surface area contributed by atoms with Crippen molar-refractivity contribution >= 4 is 17.7 Å². The van der Waals surface area contributed by atoms with E-state index in [1.165, 1.54) is 11.0 Å². The van der Waals surface area contributed by atoms with Crippen LogP contribution >= 0.6 is 11.8 Å². The zero-order valence-electron chi connectivity index (χ0n) is 10.0. The molecule has 18 heavy (non-hydrogen) atoms. The average molecular weight is 277 g/mol. The number of nitrogens with zero attached hydrogens (tertiary/aromatic N) is 1. The van der Waals surface area contributed by atoms with Crippen molar-refractivity contribution < 1.29 is 13.2 Å². The van der Waals surface area contributed by atoms with Gasteiger partial charge in [0.1, 0.15) is 0 Å². The predicted molar refractivity (Wildman–Crippen MR) is 66.5 cm³/mol. The number of alkyl halides is 3. The van der Waals surface area contributed by atoms with Crippen LogP contribution in [0.1, 0.15) is 11.1 Å². The van der Waals surface area contributed by atoms with Gasteiger partial charge < -0.3 is 10.6 Å². The SMILES string of the molecule is Cc1cccc(SC(F)(F)F)c1CN(C)C(=N)N. The van der Waals surface area contributed by atoms with Crippen LogP contribution in [-0.4, -0.2) is 23.4 Å². The summed E-state index contributed by atoms with van der Waals surface area (Å²) in [6.07, 6.45) is 0. The van der Waals surface area contributed by atoms with E-state index in [9.17, 15) is 13.2 Å². The molecule has 0 spiro atoms. The van der Waals surface area contributed by atoms with E-state index in [0.717, 1.165) is 5.56 Å². The molecule has 0 aliphatic heterocycles. The normalized spacial score (nSPS) is 11.4. The third-order valence-corrected chi connectivity index (χ3v) is 3.23. The van der Waals surface area contributed by atoms with E-state index >= 15 is 0 Å². The van der Waals surface area contributed by atoms with Gasteiger partial charge in [0.15, 0.2) is 5.96 Å². The Kier molecular flexibility index (Phi) is 4.50. The molecule has 3 nitrogen and oxygen atoms in total. The molecule has 0 heterocycles. The molecule has 1 rings (SSSR count). The number of hydrogen-bond donors (Lipinski definition) is 2. The monoisotopic (exact) mass is 277 g/mol. The van der Waals surface area contributed by atoms with Gasteiger partial charge in [-0.05, 0) is 35.9 Å². The maximum absolute atomic E-state index is 12.4. The molecular weight excluding hydrogens is 263 g/mol. The highest BCUT2D eigenvalue weighted by Gasteiger charge is 2.30. The first-order valence-electron chi connectivity index (χ1n) is 5.10. The molecule has 0 amide bonds. The van der Waals surface area contributed by atoms with Gasteiger partial charge in [0.25, 0.3) is 0 Å². The second-order valence-electron chi connectivity index (χ2n) is 3.84. The highest BCUT2D eigenvalue weighted by Crippen LogP contribution is 2.39. The molecule has 3 N–H and O–H groups in total. The van der Waals surface area contributed by atoms with Crippen LogP contribution in [0.3, 0.4) is 0 Å². The van der Waals surface area contributed by atoms with Crippen molar-refractivity contribution in [3.05, 3.63) is 29.3 Å². The summed E-state index contributed by atoms with van der Waals surface area (Å²) in [5.74, 6) is -0.179. The molecule has 0 saturated heterocycles. The van der Waals surface area contributed by atoms with Gasteiger partial charge in [-0.25, -0.2) is 0 Å². The Morgan fingerprint density at radius 1 is 1.44 bits per heavy atom. The van der Waals surface area contributed by atoms with Crippen LogP contribution in [0.25, 0.3) is 0 Å². The molecule has 0 radical (unpaired) electrons. The average Bonchev–Trinajstić information content (AvgIpc) is 2.20. The standard InChI is InChI=1S/C11H14F3N3S/c1-7-4-3-5-9(18-11(12,13)14)8(7)6-17(2)10(15)16/h3-5H,6H2,1-2H3,(H3,15,16). The summed E-state index contributed by atoms with van der Waals surface area (Å²) >= 11 is -0.143. The molecule has 100 valence electrons. The number of nitrogens with two attached hydrogens (primary N) is 1. The molecule has 0 unspecified atom stereocenters. The third-order valence-electron chi connectivity index (χ3n) is 2.40. The van der Waals surface area contributed by atoms with Crippen molar-refractivity contribution in [3.8, 4) is 0 Å². The molecule has 1 aromatic carbocycles. The Balaban J connectivity index is 3.04. The summed E-state index contributed by atoms with van der Waals surface area (Å²) in [5, 5.41) is 7.25. The molecule has 0 saturated carbocycles. The van der Waals surface area contributed by atoms with Gasteiger partial charge in [-0.2, -0.15) is 13.2 Å². The zero-order valence-corrected chi connectivity index (χ0v) is 10.8. The van der Waals surface area contributed by atoms with Crippen molar-refractivity contribution in [2.45, 2.75) is 23.9 Å². The maximum Gasteiger partial charge on any atom is 0.446 e. The number of hydrogen-bond acceptors (Lipinski definition) is 2. The number of guanidine groups is 1. The summed E-state index contributed by atoms with van der Waals surface area (Å²) in [4.78, 5) is 1.54. The first-order chi connectivity index (χ1) is 8.20. The third kappa shape index (κ3) is 4.14. The van der Waals surface area contributed by atoms with Crippen LogP contribution in [0.15, 0.2) is 23.1 Å². The molecule has 0 fully saturated rings. The van der Waals surface area contributed by atoms with Crippen molar-refractivity contribution in [2.75, 3.05) is 7.05 Å². The first kappa shape index (κ1) is 14.7. The van der Waals surface area contributed by atoms with E-state index in [1.807, 2.05) is 0 Å². The Labute approximate surface area is 108 Å². The molecule has 0 aromatic heterocycles. The van der Waals surface area contributed by atoms with E-state index in [2.05, 4.69) is 0 Å². The molecule has 0 aliphatic carbocycles. The van der Waals surface area contributed by atoms with Crippen LogP contribution in [0, 0.1) is 12.3 Å². The van der Waals surface area contributed by atoms with E-state index in [1.54, 1.807) is 26.1 Å². The van der Waals surface area contributed by atoms with Crippen LogP contribution in [-0.2, 0) is 6.54 Å². The summed E-state index contributed by atoms with van der Waals surface area (Å²) in [6, 6.07) is 4.75. The van der Waals surface area contributed by atoms with Gasteiger partial charge in [-0.15, -0.1) is 0 Å². The summed E-state index contributed by atoms with van der Waals surface area (Å²) in [7, 11) is 1.57. The van der Waals surface area contributed by atoms with E-state index in [4.69, 9.17) is 11.1 Å². The predicted octanol–water partition coefficient (Wildman–Crippen LogP) is 2.93. The fourth-order valence-electron chi connectivity index (χ4n) is 1.42. The van der Waals surface area contributed by atoms with Crippen molar-refractivity contribution in [1.82, 2.24) is 4.90 Å². The highest BCUT2D eigenvalue weighted by molar-refractivity contribution is 8.00. The Morgan fingerprint density at radius 2 is 2.06 bits per heavy atom. The number of rotatable bonds is 3. The van der Waals surface area contributed by atoms with E-state index < -0.39 is 5.51 Å². The zero-order chi connectivity index (χ0) is 13.9. The lowest BCUT2D eigenvalue weighted by molar-refractivity contribution is -0.0328. The summed E-state index contributed by atoms with van der Waals surface area (Å²) in [5.41, 5.74) is 2.26. The van der Waals surface area contributed by atoms with E-state index in [-0.39, 0.29) is 29.2 Å². The topological polar surface area (TPSA) is 53.1 Å². The Hall–Kier alpha value is -1.37. The van der Waals surface area contributed by atoms with Crippen LogP contribution in [0.5, 0.6) is 0 Å². The minimum Gasteiger partial charge on any atom is -0.370 e. The molecule has 0 bridgehead atoms. The van der Waals surface area contributed by atoms with Gasteiger partial charge in [-0.3, -0.25) is 5.41 Å². The fourth-order valence-corrected chi connectivity index (χ4v) is 2.17. The quantitative estimate of drug-likeness (QED) is 0.507. The van der Waals surface area contributed by atoms with Gasteiger partial charge in [0.2, 0.25) is 0 Å². The van der Waals surface area contributed by atoms with E-state index in [0.29, 0.717) is 5.56 Å². The van der Waals surface area contributed by atoms with Crippen molar-refractivity contribution in [3.63, 3.8) is 0 Å². The van der Waals surface area contributed by atoms with Crippen molar-refractivity contribution in [1.29, 1.82) is 5.41 Å². The number of benzene rings is 1. The second-order valence-corrected chi connectivity index (χ2v) is 4.95. The largest absolute Gasteiger partial charge is 0.446 e. The van der Waals surface area contributed by atoms with Crippen LogP contribution in [0.2, 0.25) is 0 Å². The lowest BCUT2D eigenvalue weighted by Crippen LogP contribution is -2.32. The Morgan fingerprint density at radius 3 is 2.56 bits per heavy atom.